The van der Waals surface area contributed by atoms with Crippen LogP contribution in [-0.2, 0) is 17.6 Å². The SMILES string of the molecule is C=CCN1C(=O)COc2ccc(C(=O)C(C)n3cnc4scc(-c5ccc6c(c5)CCCC6)c4c3=O)cc21. The summed E-state index contributed by atoms with van der Waals surface area (Å²) in [5, 5.41) is 2.52. The number of carbonyl (C=O) groups excluding carboxylic acids is 2. The van der Waals surface area contributed by atoms with Crippen molar-refractivity contribution in [1.29, 1.82) is 0 Å². The number of hydrogen-bond donors (Lipinski definition) is 0. The van der Waals surface area contributed by atoms with Crippen LogP contribution in [0.5, 0.6) is 5.75 Å². The van der Waals surface area contributed by atoms with Crippen molar-refractivity contribution in [2.75, 3.05) is 18.1 Å². The van der Waals surface area contributed by atoms with Crippen molar-refractivity contribution < 1.29 is 14.3 Å². The van der Waals surface area contributed by atoms with Crippen LogP contribution in [0.15, 0.2) is 65.6 Å². The molecule has 8 heteroatoms. The van der Waals surface area contributed by atoms with Gasteiger partial charge >= 0.3 is 0 Å². The molecule has 1 amide bonds. The smallest absolute Gasteiger partial charge is 0.265 e. The van der Waals surface area contributed by atoms with Crippen LogP contribution >= 0.6 is 11.3 Å². The molecule has 1 atom stereocenters. The van der Waals surface area contributed by atoms with Crippen molar-refractivity contribution in [2.45, 2.75) is 38.6 Å². The summed E-state index contributed by atoms with van der Waals surface area (Å²) in [5.74, 6) is 0.0788. The average molecular weight is 526 g/mol. The number of nitrogens with zero attached hydrogens (tertiary/aromatic N) is 3. The molecule has 0 N–H and O–H groups in total. The minimum absolute atomic E-state index is 0.0567. The zero-order chi connectivity index (χ0) is 26.4. The third-order valence-electron chi connectivity index (χ3n) is 7.47. The fraction of sp³-hybridized carbons (Fsp3) is 0.267. The Morgan fingerprint density at radius 1 is 1.16 bits per heavy atom. The van der Waals surface area contributed by atoms with Crippen LogP contribution in [0.25, 0.3) is 21.3 Å². The largest absolute Gasteiger partial charge is 0.482 e. The molecule has 0 saturated carbocycles. The summed E-state index contributed by atoms with van der Waals surface area (Å²) >= 11 is 1.44. The van der Waals surface area contributed by atoms with Crippen LogP contribution < -0.4 is 15.2 Å². The molecule has 6 rings (SSSR count). The first kappa shape index (κ1) is 24.3. The lowest BCUT2D eigenvalue weighted by molar-refractivity contribution is -0.121. The van der Waals surface area contributed by atoms with Gasteiger partial charge in [-0.1, -0.05) is 24.3 Å². The Morgan fingerprint density at radius 3 is 2.79 bits per heavy atom. The van der Waals surface area contributed by atoms with Crippen molar-refractivity contribution >= 4 is 38.9 Å². The van der Waals surface area contributed by atoms with E-state index in [4.69, 9.17) is 4.74 Å². The first-order chi connectivity index (χ1) is 18.5. The molecule has 1 unspecified atom stereocenters. The Labute approximate surface area is 224 Å². The molecule has 4 aromatic rings. The highest BCUT2D eigenvalue weighted by Crippen LogP contribution is 2.35. The molecular formula is C30H27N3O4S. The Morgan fingerprint density at radius 2 is 1.97 bits per heavy atom. The lowest BCUT2D eigenvalue weighted by atomic mass is 9.89. The topological polar surface area (TPSA) is 81.5 Å². The normalized spacial score (nSPS) is 15.5. The second kappa shape index (κ2) is 9.68. The van der Waals surface area contributed by atoms with Gasteiger partial charge in [-0.15, -0.1) is 17.9 Å². The Kier molecular flexibility index (Phi) is 6.19. The first-order valence-electron chi connectivity index (χ1n) is 12.8. The number of rotatable bonds is 6. The van der Waals surface area contributed by atoms with Gasteiger partial charge < -0.3 is 9.64 Å². The third kappa shape index (κ3) is 4.05. The molecule has 0 saturated heterocycles. The van der Waals surface area contributed by atoms with Crippen LogP contribution in [0.2, 0.25) is 0 Å². The quantitative estimate of drug-likeness (QED) is 0.250. The number of ketones is 1. The fourth-order valence-electron chi connectivity index (χ4n) is 5.39. The van der Waals surface area contributed by atoms with Gasteiger partial charge in [-0.2, -0.15) is 0 Å². The highest BCUT2D eigenvalue weighted by Gasteiger charge is 2.28. The molecule has 1 aliphatic carbocycles. The Balaban J connectivity index is 1.37. The van der Waals surface area contributed by atoms with Gasteiger partial charge in [0, 0.05) is 23.1 Å². The molecule has 3 heterocycles. The number of amides is 1. The van der Waals surface area contributed by atoms with Crippen LogP contribution in [-0.4, -0.2) is 34.4 Å². The number of aromatic nitrogens is 2. The second-order valence-electron chi connectivity index (χ2n) is 9.78. The second-order valence-corrected chi connectivity index (χ2v) is 10.6. The number of anilines is 1. The fourth-order valence-corrected chi connectivity index (χ4v) is 6.29. The number of thiophene rings is 1. The molecule has 0 fully saturated rings. The first-order valence-corrected chi connectivity index (χ1v) is 13.7. The molecule has 2 aliphatic rings. The minimum atomic E-state index is -0.790. The van der Waals surface area contributed by atoms with E-state index in [-0.39, 0.29) is 23.9 Å². The molecule has 0 radical (unpaired) electrons. The zero-order valence-corrected chi connectivity index (χ0v) is 21.9. The molecule has 0 spiro atoms. The third-order valence-corrected chi connectivity index (χ3v) is 8.36. The molecule has 2 aromatic carbocycles. The minimum Gasteiger partial charge on any atom is -0.482 e. The summed E-state index contributed by atoms with van der Waals surface area (Å²) in [5.41, 5.74) is 5.26. The predicted octanol–water partition coefficient (Wildman–Crippen LogP) is 5.36. The predicted molar refractivity (Wildman–Crippen MR) is 149 cm³/mol. The summed E-state index contributed by atoms with van der Waals surface area (Å²) in [6, 6.07) is 10.7. The maximum Gasteiger partial charge on any atom is 0.265 e. The number of ether oxygens (including phenoxy) is 1. The number of Topliss-reactive ketones (excluding diaryl/α,β-unsaturated/α-hetero) is 1. The van der Waals surface area contributed by atoms with E-state index >= 15 is 0 Å². The maximum atomic E-state index is 13.8. The van der Waals surface area contributed by atoms with Crippen LogP contribution in [0.3, 0.4) is 0 Å². The van der Waals surface area contributed by atoms with E-state index in [2.05, 4.69) is 29.8 Å². The van der Waals surface area contributed by atoms with Gasteiger partial charge in [0.1, 0.15) is 10.6 Å². The lowest BCUT2D eigenvalue weighted by Gasteiger charge is -2.29. The van der Waals surface area contributed by atoms with Gasteiger partial charge in [-0.05, 0) is 67.5 Å². The zero-order valence-electron chi connectivity index (χ0n) is 21.1. The highest BCUT2D eigenvalue weighted by atomic mass is 32.1. The number of fused-ring (bicyclic) bond motifs is 3. The summed E-state index contributed by atoms with van der Waals surface area (Å²) in [4.78, 5) is 46.4. The van der Waals surface area contributed by atoms with Gasteiger partial charge in [-0.3, -0.25) is 19.0 Å². The summed E-state index contributed by atoms with van der Waals surface area (Å²) < 4.78 is 6.94. The van der Waals surface area contributed by atoms with Crippen LogP contribution in [0.1, 0.15) is 47.3 Å². The molecule has 0 bridgehead atoms. The van der Waals surface area contributed by atoms with Crippen molar-refractivity contribution in [3.63, 3.8) is 0 Å². The Hall–Kier alpha value is -4.04. The summed E-state index contributed by atoms with van der Waals surface area (Å²) in [7, 11) is 0. The van der Waals surface area contributed by atoms with Crippen molar-refractivity contribution in [2.24, 2.45) is 0 Å². The van der Waals surface area contributed by atoms with E-state index < -0.39 is 6.04 Å². The molecule has 38 heavy (non-hydrogen) atoms. The number of carbonyl (C=O) groups is 2. The van der Waals surface area contributed by atoms with Gasteiger partial charge in [0.2, 0.25) is 0 Å². The van der Waals surface area contributed by atoms with E-state index in [0.29, 0.717) is 33.8 Å². The van der Waals surface area contributed by atoms with E-state index in [9.17, 15) is 14.4 Å². The van der Waals surface area contributed by atoms with Gasteiger partial charge in [0.15, 0.2) is 12.4 Å². The van der Waals surface area contributed by atoms with E-state index in [0.717, 1.165) is 24.0 Å². The molecule has 2 aromatic heterocycles. The van der Waals surface area contributed by atoms with Crippen LogP contribution in [0, 0.1) is 0 Å². The molecule has 192 valence electrons. The van der Waals surface area contributed by atoms with Crippen molar-refractivity contribution in [3.05, 3.63) is 87.8 Å². The van der Waals surface area contributed by atoms with E-state index in [1.807, 2.05) is 5.38 Å². The highest BCUT2D eigenvalue weighted by molar-refractivity contribution is 7.17. The molecule has 1 aliphatic heterocycles. The monoisotopic (exact) mass is 525 g/mol. The van der Waals surface area contributed by atoms with Crippen molar-refractivity contribution in [1.82, 2.24) is 9.55 Å². The number of benzene rings is 2. The Bertz CT molecular complexity index is 1670. The van der Waals surface area contributed by atoms with Gasteiger partial charge in [0.25, 0.3) is 11.5 Å². The number of aryl methyl sites for hydroxylation is 2. The van der Waals surface area contributed by atoms with Gasteiger partial charge in [0.05, 0.1) is 23.4 Å². The standard InChI is InChI=1S/C30H27N3O4S/c1-3-12-32-24-14-22(10-11-25(24)37-15-26(32)34)28(35)18(2)33-17-31-29-27(30(33)36)23(16-38-29)21-9-8-19-6-4-5-7-20(19)13-21/h3,8-11,13-14,16-18H,1,4-7,12,15H2,2H3. The van der Waals surface area contributed by atoms with E-state index in [1.165, 1.54) is 46.2 Å². The molecule has 7 nitrogen and oxygen atoms in total. The van der Waals surface area contributed by atoms with Crippen LogP contribution in [0.4, 0.5) is 5.69 Å². The molecular weight excluding hydrogens is 498 g/mol. The summed E-state index contributed by atoms with van der Waals surface area (Å²) in [6.07, 6.45) is 7.64. The number of hydrogen-bond acceptors (Lipinski definition) is 6. The van der Waals surface area contributed by atoms with Crippen molar-refractivity contribution in [3.8, 4) is 16.9 Å². The average Bonchev–Trinajstić information content (AvgIpc) is 3.39. The summed E-state index contributed by atoms with van der Waals surface area (Å²) in [6.45, 7) is 5.68. The van der Waals surface area contributed by atoms with E-state index in [1.54, 1.807) is 36.1 Å². The lowest BCUT2D eigenvalue weighted by Crippen LogP contribution is -2.39. The maximum absolute atomic E-state index is 13.8. The van der Waals surface area contributed by atoms with Gasteiger partial charge in [-0.25, -0.2) is 4.98 Å².